The van der Waals surface area contributed by atoms with Crippen molar-refractivity contribution in [1.29, 1.82) is 0 Å². The normalized spacial score (nSPS) is 22.5. The third-order valence-corrected chi connectivity index (χ3v) is 5.74. The molecule has 1 aliphatic heterocycles. The molecule has 2 aliphatic rings. The standard InChI is InChI=1S/C22H24ClNO4/c1-3-7-14-10-16(23)20(19(11-14)28-2)21-17(25)12-15(13-18(21)26)22(27)24-8-5-4-6-9-24/h10-11,15,21H,4-6,8-9,12-13H2,1-2H3. The Kier molecular flexibility index (Phi) is 6.41. The third-order valence-electron chi connectivity index (χ3n) is 5.43. The van der Waals surface area contributed by atoms with E-state index in [4.69, 9.17) is 16.3 Å². The molecule has 0 spiro atoms. The van der Waals surface area contributed by atoms with Gasteiger partial charge < -0.3 is 9.64 Å². The van der Waals surface area contributed by atoms with Gasteiger partial charge in [0.25, 0.3) is 0 Å². The van der Waals surface area contributed by atoms with Crippen LogP contribution in [0.3, 0.4) is 0 Å². The summed E-state index contributed by atoms with van der Waals surface area (Å²) in [6, 6.07) is 3.32. The Balaban J connectivity index is 1.85. The summed E-state index contributed by atoms with van der Waals surface area (Å²) in [5.74, 6) is 3.88. The number of halogens is 1. The first-order chi connectivity index (χ1) is 13.5. The maximum atomic E-state index is 12.9. The maximum Gasteiger partial charge on any atom is 0.226 e. The first-order valence-electron chi connectivity index (χ1n) is 9.60. The largest absolute Gasteiger partial charge is 0.496 e. The van der Waals surface area contributed by atoms with Crippen LogP contribution in [-0.2, 0) is 14.4 Å². The van der Waals surface area contributed by atoms with Gasteiger partial charge in [-0.25, -0.2) is 0 Å². The number of likely N-dealkylation sites (tertiary alicyclic amines) is 1. The average molecular weight is 402 g/mol. The molecule has 2 fully saturated rings. The van der Waals surface area contributed by atoms with Crippen LogP contribution in [0, 0.1) is 17.8 Å². The lowest BCUT2D eigenvalue weighted by molar-refractivity contribution is -0.145. The van der Waals surface area contributed by atoms with Crippen molar-refractivity contribution in [2.75, 3.05) is 20.2 Å². The second-order valence-corrected chi connectivity index (χ2v) is 7.71. The highest BCUT2D eigenvalue weighted by molar-refractivity contribution is 6.33. The van der Waals surface area contributed by atoms with Gasteiger partial charge in [-0.1, -0.05) is 17.5 Å². The minimum atomic E-state index is -0.989. The van der Waals surface area contributed by atoms with E-state index in [2.05, 4.69) is 11.8 Å². The molecular weight excluding hydrogens is 378 g/mol. The topological polar surface area (TPSA) is 63.7 Å². The molecule has 3 rings (SSSR count). The smallest absolute Gasteiger partial charge is 0.226 e. The van der Waals surface area contributed by atoms with E-state index in [-0.39, 0.29) is 35.3 Å². The Morgan fingerprint density at radius 2 is 1.79 bits per heavy atom. The van der Waals surface area contributed by atoms with Crippen LogP contribution in [0.5, 0.6) is 5.75 Å². The number of ether oxygens (including phenoxy) is 1. The van der Waals surface area contributed by atoms with Gasteiger partial charge in [-0.2, -0.15) is 0 Å². The van der Waals surface area contributed by atoms with Crippen molar-refractivity contribution in [3.05, 3.63) is 28.3 Å². The highest BCUT2D eigenvalue weighted by Crippen LogP contribution is 2.40. The monoisotopic (exact) mass is 401 g/mol. The molecule has 0 atom stereocenters. The SMILES string of the molecule is CC#Cc1cc(Cl)c(C2C(=O)CC(C(=O)N3CCCCC3)CC2=O)c(OC)c1. The second kappa shape index (κ2) is 8.79. The van der Waals surface area contributed by atoms with Gasteiger partial charge in [0.15, 0.2) is 0 Å². The number of carbonyl (C=O) groups excluding carboxylic acids is 3. The molecule has 0 unspecified atom stereocenters. The number of benzene rings is 1. The molecule has 1 saturated heterocycles. The first-order valence-corrected chi connectivity index (χ1v) is 9.98. The van der Waals surface area contributed by atoms with Crippen LogP contribution in [0.25, 0.3) is 0 Å². The summed E-state index contributed by atoms with van der Waals surface area (Å²) in [5.41, 5.74) is 1.03. The van der Waals surface area contributed by atoms with E-state index in [0.29, 0.717) is 30.0 Å². The number of nitrogens with zero attached hydrogens (tertiary/aromatic N) is 1. The molecular formula is C22H24ClNO4. The number of rotatable bonds is 3. The number of Topliss-reactive ketones (excluding diaryl/α,β-unsaturated/α-hetero) is 2. The molecule has 28 heavy (non-hydrogen) atoms. The van der Waals surface area contributed by atoms with Crippen LogP contribution in [0.1, 0.15) is 56.1 Å². The van der Waals surface area contributed by atoms with E-state index < -0.39 is 11.8 Å². The lowest BCUT2D eigenvalue weighted by Crippen LogP contribution is -2.44. The van der Waals surface area contributed by atoms with E-state index in [0.717, 1.165) is 19.3 Å². The number of hydrogen-bond donors (Lipinski definition) is 0. The number of hydrogen-bond acceptors (Lipinski definition) is 4. The molecule has 148 valence electrons. The number of piperidine rings is 1. The van der Waals surface area contributed by atoms with Gasteiger partial charge in [-0.15, -0.1) is 5.92 Å². The molecule has 1 saturated carbocycles. The van der Waals surface area contributed by atoms with Crippen molar-refractivity contribution in [3.63, 3.8) is 0 Å². The van der Waals surface area contributed by atoms with Crippen molar-refractivity contribution < 1.29 is 19.1 Å². The Morgan fingerprint density at radius 1 is 1.14 bits per heavy atom. The van der Waals surface area contributed by atoms with Crippen molar-refractivity contribution in [3.8, 4) is 17.6 Å². The highest BCUT2D eigenvalue weighted by Gasteiger charge is 2.42. The summed E-state index contributed by atoms with van der Waals surface area (Å²) >= 11 is 6.41. The molecule has 1 amide bonds. The van der Waals surface area contributed by atoms with Crippen LogP contribution >= 0.6 is 11.6 Å². The predicted octanol–water partition coefficient (Wildman–Crippen LogP) is 3.36. The van der Waals surface area contributed by atoms with E-state index >= 15 is 0 Å². The zero-order valence-electron chi connectivity index (χ0n) is 16.2. The van der Waals surface area contributed by atoms with E-state index in [1.807, 2.05) is 0 Å². The minimum Gasteiger partial charge on any atom is -0.496 e. The summed E-state index contributed by atoms with van der Waals surface area (Å²) < 4.78 is 5.40. The van der Waals surface area contributed by atoms with Gasteiger partial charge in [0.2, 0.25) is 5.91 Å². The summed E-state index contributed by atoms with van der Waals surface area (Å²) in [6.07, 6.45) is 3.18. The lowest BCUT2D eigenvalue weighted by Gasteiger charge is -2.33. The zero-order valence-corrected chi connectivity index (χ0v) is 17.0. The van der Waals surface area contributed by atoms with Gasteiger partial charge in [0, 0.05) is 42.1 Å². The highest BCUT2D eigenvalue weighted by atomic mass is 35.5. The minimum absolute atomic E-state index is 0.0573. The predicted molar refractivity (Wildman–Crippen MR) is 106 cm³/mol. The molecule has 6 heteroatoms. The first kappa shape index (κ1) is 20.4. The van der Waals surface area contributed by atoms with Crippen molar-refractivity contribution in [2.24, 2.45) is 5.92 Å². The molecule has 5 nitrogen and oxygen atoms in total. The van der Waals surface area contributed by atoms with E-state index in [1.165, 1.54) is 7.11 Å². The van der Waals surface area contributed by atoms with Crippen molar-refractivity contribution in [2.45, 2.75) is 44.9 Å². The molecule has 0 N–H and O–H groups in total. The quantitative estimate of drug-likeness (QED) is 0.575. The fourth-order valence-corrected chi connectivity index (χ4v) is 4.42. The van der Waals surface area contributed by atoms with Gasteiger partial charge in [0.05, 0.1) is 13.0 Å². The van der Waals surface area contributed by atoms with Gasteiger partial charge >= 0.3 is 0 Å². The summed E-state index contributed by atoms with van der Waals surface area (Å²) in [7, 11) is 1.47. The van der Waals surface area contributed by atoms with Gasteiger partial charge in [-0.3, -0.25) is 14.4 Å². The fraction of sp³-hybridized carbons (Fsp3) is 0.500. The summed E-state index contributed by atoms with van der Waals surface area (Å²) in [6.45, 7) is 3.13. The van der Waals surface area contributed by atoms with Crippen LogP contribution in [0.4, 0.5) is 0 Å². The van der Waals surface area contributed by atoms with Crippen LogP contribution in [0.2, 0.25) is 5.02 Å². The maximum absolute atomic E-state index is 12.9. The Labute approximate surface area is 170 Å². The van der Waals surface area contributed by atoms with Crippen LogP contribution in [-0.4, -0.2) is 42.6 Å². The molecule has 0 bridgehead atoms. The Hall–Kier alpha value is -2.32. The average Bonchev–Trinajstić information content (AvgIpc) is 2.68. The Bertz CT molecular complexity index is 843. The van der Waals surface area contributed by atoms with E-state index in [1.54, 1.807) is 24.0 Å². The molecule has 0 radical (unpaired) electrons. The number of methoxy groups -OCH3 is 1. The van der Waals surface area contributed by atoms with Gasteiger partial charge in [-0.05, 0) is 38.3 Å². The number of carbonyl (C=O) groups is 3. The van der Waals surface area contributed by atoms with Gasteiger partial charge in [0.1, 0.15) is 23.2 Å². The van der Waals surface area contributed by atoms with E-state index in [9.17, 15) is 14.4 Å². The van der Waals surface area contributed by atoms with Crippen LogP contribution < -0.4 is 4.74 Å². The molecule has 1 heterocycles. The number of ketones is 2. The zero-order chi connectivity index (χ0) is 20.3. The molecule has 1 aromatic carbocycles. The summed E-state index contributed by atoms with van der Waals surface area (Å²) in [5, 5.41) is 0.282. The van der Waals surface area contributed by atoms with Crippen LogP contribution in [0.15, 0.2) is 12.1 Å². The molecule has 0 aromatic heterocycles. The van der Waals surface area contributed by atoms with Crippen molar-refractivity contribution in [1.82, 2.24) is 4.90 Å². The number of amides is 1. The molecule has 1 aromatic rings. The fourth-order valence-electron chi connectivity index (χ4n) is 4.10. The molecule has 1 aliphatic carbocycles. The second-order valence-electron chi connectivity index (χ2n) is 7.31. The third kappa shape index (κ3) is 4.07. The summed E-state index contributed by atoms with van der Waals surface area (Å²) in [4.78, 5) is 40.3. The lowest BCUT2D eigenvalue weighted by atomic mass is 9.75. The van der Waals surface area contributed by atoms with Crippen molar-refractivity contribution >= 4 is 29.1 Å². The Morgan fingerprint density at radius 3 is 2.36 bits per heavy atom.